The van der Waals surface area contributed by atoms with E-state index in [1.54, 1.807) is 6.07 Å². The molecular weight excluding hydrogens is 425 g/mol. The monoisotopic (exact) mass is 438 g/mol. The maximum atomic E-state index is 12.9. The van der Waals surface area contributed by atoms with Crippen molar-refractivity contribution in [1.82, 2.24) is 4.98 Å². The Morgan fingerprint density at radius 2 is 1.89 bits per heavy atom. The molecule has 1 aromatic heterocycles. The van der Waals surface area contributed by atoms with Crippen LogP contribution in [0.5, 0.6) is 0 Å². The van der Waals surface area contributed by atoms with E-state index in [1.807, 2.05) is 11.0 Å². The molecule has 0 spiro atoms. The van der Waals surface area contributed by atoms with Gasteiger partial charge in [-0.2, -0.15) is 13.2 Å². The highest BCUT2D eigenvalue weighted by Crippen LogP contribution is 2.43. The van der Waals surface area contributed by atoms with Crippen LogP contribution in [-0.2, 0) is 6.18 Å². The maximum absolute atomic E-state index is 12.9. The molecule has 10 heteroatoms. The zero-order chi connectivity index (χ0) is 19.2. The van der Waals surface area contributed by atoms with Crippen molar-refractivity contribution in [3.05, 3.63) is 57.0 Å². The molecular formula is C17H14BrF3N6. The molecule has 2 aromatic rings. The van der Waals surface area contributed by atoms with Gasteiger partial charge in [0, 0.05) is 29.7 Å². The van der Waals surface area contributed by atoms with Crippen molar-refractivity contribution in [3.8, 4) is 0 Å². The highest BCUT2D eigenvalue weighted by molar-refractivity contribution is 9.10. The topological polar surface area (TPSA) is 68.1 Å². The molecule has 2 aliphatic heterocycles. The summed E-state index contributed by atoms with van der Waals surface area (Å²) in [6, 6.07) is 8.74. The molecule has 2 atom stereocenters. The second-order valence-electron chi connectivity index (χ2n) is 6.53. The van der Waals surface area contributed by atoms with Gasteiger partial charge in [-0.05, 0) is 64.3 Å². The Morgan fingerprint density at radius 1 is 1.15 bits per heavy atom. The number of benzene rings is 1. The minimum atomic E-state index is -4.37. The van der Waals surface area contributed by atoms with E-state index in [0.29, 0.717) is 29.8 Å². The molecule has 1 saturated heterocycles. The molecule has 27 heavy (non-hydrogen) atoms. The molecule has 3 heterocycles. The van der Waals surface area contributed by atoms with Gasteiger partial charge < -0.3 is 9.80 Å². The molecule has 0 N–H and O–H groups in total. The SMILES string of the molecule is [N-]=[N+]=N[C@@H]1C[C@@H]2CN(c3ccc(C(F)(F)F)cc3)c3ccc(Br)nc3N2C1. The van der Waals surface area contributed by atoms with E-state index in [-0.39, 0.29) is 12.1 Å². The van der Waals surface area contributed by atoms with Gasteiger partial charge in [-0.15, -0.1) is 0 Å². The number of azide groups is 1. The molecule has 6 nitrogen and oxygen atoms in total. The van der Waals surface area contributed by atoms with Crippen molar-refractivity contribution in [1.29, 1.82) is 0 Å². The van der Waals surface area contributed by atoms with Crippen LogP contribution in [0.4, 0.5) is 30.4 Å². The van der Waals surface area contributed by atoms with E-state index in [9.17, 15) is 13.2 Å². The summed E-state index contributed by atoms with van der Waals surface area (Å²) in [4.78, 5) is 11.6. The van der Waals surface area contributed by atoms with Gasteiger partial charge in [-0.1, -0.05) is 5.11 Å². The first-order valence-corrected chi connectivity index (χ1v) is 9.08. The Balaban J connectivity index is 1.73. The quantitative estimate of drug-likeness (QED) is 0.277. The fraction of sp³-hybridized carbons (Fsp3) is 0.353. The second kappa shape index (κ2) is 6.61. The van der Waals surface area contributed by atoms with Gasteiger partial charge in [0.1, 0.15) is 4.60 Å². The minimum absolute atomic E-state index is 0.0668. The molecule has 0 aliphatic carbocycles. The van der Waals surface area contributed by atoms with E-state index < -0.39 is 11.7 Å². The summed E-state index contributed by atoms with van der Waals surface area (Å²) in [5.41, 5.74) is 9.54. The molecule has 140 valence electrons. The molecule has 2 aliphatic rings. The Hall–Kier alpha value is -2.45. The predicted octanol–water partition coefficient (Wildman–Crippen LogP) is 5.27. The summed E-state index contributed by atoms with van der Waals surface area (Å²) in [6.07, 6.45) is -3.69. The number of fused-ring (bicyclic) bond motifs is 3. The van der Waals surface area contributed by atoms with Crippen LogP contribution in [0.1, 0.15) is 12.0 Å². The summed E-state index contributed by atoms with van der Waals surface area (Å²) >= 11 is 3.38. The number of alkyl halides is 3. The maximum Gasteiger partial charge on any atom is 0.416 e. The Labute approximate surface area is 161 Å². The first-order valence-electron chi connectivity index (χ1n) is 8.29. The molecule has 4 rings (SSSR count). The first-order chi connectivity index (χ1) is 12.9. The lowest BCUT2D eigenvalue weighted by Gasteiger charge is -2.40. The van der Waals surface area contributed by atoms with Crippen molar-refractivity contribution in [3.63, 3.8) is 0 Å². The van der Waals surface area contributed by atoms with Gasteiger partial charge in [0.25, 0.3) is 0 Å². The number of anilines is 3. The third-order valence-corrected chi connectivity index (χ3v) is 5.33. The number of pyridine rings is 1. The average Bonchev–Trinajstić information content (AvgIpc) is 3.03. The van der Waals surface area contributed by atoms with Crippen LogP contribution in [0.15, 0.2) is 46.1 Å². The van der Waals surface area contributed by atoms with Crippen LogP contribution in [0, 0.1) is 0 Å². The molecule has 1 aromatic carbocycles. The first kappa shape index (κ1) is 17.9. The highest BCUT2D eigenvalue weighted by atomic mass is 79.9. The van der Waals surface area contributed by atoms with Crippen LogP contribution in [0.2, 0.25) is 0 Å². The number of aromatic nitrogens is 1. The Morgan fingerprint density at radius 3 is 2.56 bits per heavy atom. The van der Waals surface area contributed by atoms with E-state index in [4.69, 9.17) is 5.53 Å². The van der Waals surface area contributed by atoms with Gasteiger partial charge in [0.2, 0.25) is 0 Å². The van der Waals surface area contributed by atoms with Gasteiger partial charge >= 0.3 is 6.18 Å². The Bertz CT molecular complexity index is 910. The van der Waals surface area contributed by atoms with Crippen molar-refractivity contribution >= 4 is 33.1 Å². The summed E-state index contributed by atoms with van der Waals surface area (Å²) in [7, 11) is 0. The molecule has 1 fully saturated rings. The summed E-state index contributed by atoms with van der Waals surface area (Å²) < 4.78 is 39.3. The van der Waals surface area contributed by atoms with E-state index in [0.717, 1.165) is 23.6 Å². The fourth-order valence-corrected chi connectivity index (χ4v) is 4.01. The summed E-state index contributed by atoms with van der Waals surface area (Å²) in [6.45, 7) is 1.16. The van der Waals surface area contributed by atoms with E-state index in [1.165, 1.54) is 12.1 Å². The van der Waals surface area contributed by atoms with Gasteiger partial charge in [0.15, 0.2) is 5.82 Å². The van der Waals surface area contributed by atoms with Crippen molar-refractivity contribution < 1.29 is 13.2 Å². The fourth-order valence-electron chi connectivity index (χ4n) is 3.71. The van der Waals surface area contributed by atoms with Crippen LogP contribution >= 0.6 is 15.9 Å². The Kier molecular flexibility index (Phi) is 4.39. The predicted molar refractivity (Wildman–Crippen MR) is 99.1 cm³/mol. The number of hydrogen-bond acceptors (Lipinski definition) is 4. The zero-order valence-electron chi connectivity index (χ0n) is 13.9. The van der Waals surface area contributed by atoms with E-state index in [2.05, 4.69) is 35.8 Å². The van der Waals surface area contributed by atoms with Gasteiger partial charge in [0.05, 0.1) is 17.3 Å². The van der Waals surface area contributed by atoms with Gasteiger partial charge in [-0.3, -0.25) is 0 Å². The summed E-state index contributed by atoms with van der Waals surface area (Å²) in [5.74, 6) is 0.733. The molecule has 0 amide bonds. The van der Waals surface area contributed by atoms with Crippen LogP contribution in [0.25, 0.3) is 10.4 Å². The largest absolute Gasteiger partial charge is 0.416 e. The zero-order valence-corrected chi connectivity index (χ0v) is 15.5. The number of hydrogen-bond donors (Lipinski definition) is 0. The van der Waals surface area contributed by atoms with Crippen LogP contribution in [0.3, 0.4) is 0 Å². The lowest BCUT2D eigenvalue weighted by molar-refractivity contribution is -0.137. The average molecular weight is 439 g/mol. The van der Waals surface area contributed by atoms with Crippen LogP contribution in [-0.4, -0.2) is 30.2 Å². The number of nitrogens with zero attached hydrogens (tertiary/aromatic N) is 6. The molecule has 0 bridgehead atoms. The second-order valence-corrected chi connectivity index (χ2v) is 7.35. The van der Waals surface area contributed by atoms with Crippen LogP contribution < -0.4 is 9.80 Å². The standard InChI is InChI=1S/C17H14BrF3N6/c18-15-6-5-14-16(23-15)27-8-11(24-25-22)7-13(27)9-26(14)12-3-1-10(2-4-12)17(19,20)21/h1-6,11,13H,7-9H2/t11-,13-/m1/s1. The molecule has 0 unspecified atom stereocenters. The van der Waals surface area contributed by atoms with Crippen molar-refractivity contribution in [2.75, 3.05) is 22.9 Å². The highest BCUT2D eigenvalue weighted by Gasteiger charge is 2.40. The third-order valence-electron chi connectivity index (χ3n) is 4.89. The lowest BCUT2D eigenvalue weighted by atomic mass is 10.1. The van der Waals surface area contributed by atoms with Crippen molar-refractivity contribution in [2.24, 2.45) is 5.11 Å². The summed E-state index contributed by atoms with van der Waals surface area (Å²) in [5, 5.41) is 3.84. The lowest BCUT2D eigenvalue weighted by Crippen LogP contribution is -2.44. The third kappa shape index (κ3) is 3.30. The molecule has 0 radical (unpaired) electrons. The number of halogens is 4. The minimum Gasteiger partial charge on any atom is -0.350 e. The number of rotatable bonds is 2. The van der Waals surface area contributed by atoms with E-state index >= 15 is 0 Å². The smallest absolute Gasteiger partial charge is 0.350 e. The molecule has 0 saturated carbocycles. The normalized spacial score (nSPS) is 21.5. The van der Waals surface area contributed by atoms with Gasteiger partial charge in [-0.25, -0.2) is 4.98 Å². The van der Waals surface area contributed by atoms with Crippen molar-refractivity contribution in [2.45, 2.75) is 24.7 Å².